The first kappa shape index (κ1) is 21.7. The average Bonchev–Trinajstić information content (AvgIpc) is 2.78. The molecule has 162 valence electrons. The molecule has 1 atom stereocenters. The van der Waals surface area contributed by atoms with Crippen molar-refractivity contribution in [3.05, 3.63) is 101 Å². The summed E-state index contributed by atoms with van der Waals surface area (Å²) in [4.78, 5) is 2.49. The highest BCUT2D eigenvalue weighted by atomic mass is 32.2. The summed E-state index contributed by atoms with van der Waals surface area (Å²) < 4.78 is 40.7. The molecule has 3 aromatic carbocycles. The summed E-state index contributed by atoms with van der Waals surface area (Å²) in [5.74, 6) is -0.442. The normalized spacial score (nSPS) is 16.9. The summed E-state index contributed by atoms with van der Waals surface area (Å²) in [6.07, 6.45) is 0. The molecule has 1 fully saturated rings. The monoisotopic (exact) mass is 438 g/mol. The summed E-state index contributed by atoms with van der Waals surface area (Å²) in [6, 6.07) is 22.0. The molecule has 0 aliphatic carbocycles. The molecule has 0 aromatic heterocycles. The van der Waals surface area contributed by atoms with E-state index in [4.69, 9.17) is 0 Å². The Morgan fingerprint density at radius 2 is 1.48 bits per heavy atom. The number of sulfonamides is 1. The summed E-state index contributed by atoms with van der Waals surface area (Å²) in [5.41, 5.74) is 4.88. The van der Waals surface area contributed by atoms with Crippen LogP contribution in [0.4, 0.5) is 4.39 Å². The zero-order chi connectivity index (χ0) is 22.0. The zero-order valence-corrected chi connectivity index (χ0v) is 18.6. The van der Waals surface area contributed by atoms with Crippen molar-refractivity contribution in [2.45, 2.75) is 24.8 Å². The second-order valence-corrected chi connectivity index (χ2v) is 10.0. The van der Waals surface area contributed by atoms with Gasteiger partial charge in [0.05, 0.1) is 10.9 Å². The predicted octanol–water partition coefficient (Wildman–Crippen LogP) is 4.54. The number of nitrogens with zero attached hydrogens (tertiary/aromatic N) is 2. The van der Waals surface area contributed by atoms with Crippen LogP contribution < -0.4 is 0 Å². The van der Waals surface area contributed by atoms with Crippen LogP contribution in [0.15, 0.2) is 77.7 Å². The Morgan fingerprint density at radius 1 is 0.839 bits per heavy atom. The van der Waals surface area contributed by atoms with Gasteiger partial charge in [0.2, 0.25) is 10.0 Å². The molecule has 4 rings (SSSR count). The molecule has 4 nitrogen and oxygen atoms in total. The van der Waals surface area contributed by atoms with Gasteiger partial charge in [0.25, 0.3) is 0 Å². The van der Waals surface area contributed by atoms with E-state index in [9.17, 15) is 12.8 Å². The SMILES string of the molecule is Cc1ccc(C)c(C(c2ccccc2)N2CCN(S(=O)(=O)c3ccc(F)cc3)CC2)c1. The summed E-state index contributed by atoms with van der Waals surface area (Å²) in [6.45, 7) is 6.25. The van der Waals surface area contributed by atoms with Gasteiger partial charge < -0.3 is 0 Å². The topological polar surface area (TPSA) is 40.6 Å². The second kappa shape index (κ2) is 8.91. The molecule has 1 aliphatic heterocycles. The van der Waals surface area contributed by atoms with Gasteiger partial charge in [-0.25, -0.2) is 12.8 Å². The van der Waals surface area contributed by atoms with E-state index in [-0.39, 0.29) is 10.9 Å². The number of hydrogen-bond donors (Lipinski definition) is 0. The van der Waals surface area contributed by atoms with E-state index in [1.165, 1.54) is 50.8 Å². The van der Waals surface area contributed by atoms with Crippen molar-refractivity contribution < 1.29 is 12.8 Å². The van der Waals surface area contributed by atoms with Crippen molar-refractivity contribution in [1.29, 1.82) is 0 Å². The summed E-state index contributed by atoms with van der Waals surface area (Å²) >= 11 is 0. The molecular weight excluding hydrogens is 411 g/mol. The van der Waals surface area contributed by atoms with E-state index in [2.05, 4.69) is 49.1 Å². The first-order chi connectivity index (χ1) is 14.9. The first-order valence-electron chi connectivity index (χ1n) is 10.5. The van der Waals surface area contributed by atoms with E-state index in [0.29, 0.717) is 26.2 Å². The maximum atomic E-state index is 13.2. The van der Waals surface area contributed by atoms with Crippen LogP contribution in [0.3, 0.4) is 0 Å². The van der Waals surface area contributed by atoms with Crippen LogP contribution in [0.5, 0.6) is 0 Å². The fourth-order valence-electron chi connectivity index (χ4n) is 4.23. The van der Waals surface area contributed by atoms with Crippen LogP contribution in [0.25, 0.3) is 0 Å². The van der Waals surface area contributed by atoms with Crippen molar-refractivity contribution in [3.8, 4) is 0 Å². The smallest absolute Gasteiger partial charge is 0.243 e. The fourth-order valence-corrected chi connectivity index (χ4v) is 5.66. The standard InChI is InChI=1S/C25H27FN2O2S/c1-19-8-9-20(2)24(18-19)25(21-6-4-3-5-7-21)27-14-16-28(17-15-27)31(29,30)23-12-10-22(26)11-13-23/h3-13,18,25H,14-17H2,1-2H3. The quantitative estimate of drug-likeness (QED) is 0.587. The van der Waals surface area contributed by atoms with Crippen molar-refractivity contribution in [1.82, 2.24) is 9.21 Å². The second-order valence-electron chi connectivity index (χ2n) is 8.07. The molecule has 0 bridgehead atoms. The first-order valence-corrected chi connectivity index (χ1v) is 11.9. The van der Waals surface area contributed by atoms with Crippen LogP contribution in [-0.2, 0) is 10.0 Å². The molecule has 1 saturated heterocycles. The zero-order valence-electron chi connectivity index (χ0n) is 17.8. The number of aryl methyl sites for hydroxylation is 2. The average molecular weight is 439 g/mol. The third-order valence-electron chi connectivity index (χ3n) is 5.93. The van der Waals surface area contributed by atoms with Crippen LogP contribution >= 0.6 is 0 Å². The van der Waals surface area contributed by atoms with Gasteiger partial charge in [-0.2, -0.15) is 4.31 Å². The molecule has 1 unspecified atom stereocenters. The molecule has 31 heavy (non-hydrogen) atoms. The lowest BCUT2D eigenvalue weighted by molar-refractivity contribution is 0.155. The molecule has 0 N–H and O–H groups in total. The predicted molar refractivity (Wildman–Crippen MR) is 121 cm³/mol. The summed E-state index contributed by atoms with van der Waals surface area (Å²) in [5, 5.41) is 0. The minimum absolute atomic E-state index is 0.0665. The van der Waals surface area contributed by atoms with Gasteiger partial charge in [-0.3, -0.25) is 4.90 Å². The third-order valence-corrected chi connectivity index (χ3v) is 7.85. The minimum atomic E-state index is -3.63. The number of halogens is 1. The van der Waals surface area contributed by atoms with Gasteiger partial charge in [0.15, 0.2) is 0 Å². The molecule has 0 spiro atoms. The van der Waals surface area contributed by atoms with Crippen LogP contribution in [0.1, 0.15) is 28.3 Å². The molecular formula is C25H27FN2O2S. The van der Waals surface area contributed by atoms with E-state index in [0.717, 1.165) is 0 Å². The largest absolute Gasteiger partial charge is 0.290 e. The van der Waals surface area contributed by atoms with Gasteiger partial charge >= 0.3 is 0 Å². The van der Waals surface area contributed by atoms with Crippen molar-refractivity contribution in [2.24, 2.45) is 0 Å². The van der Waals surface area contributed by atoms with Crippen molar-refractivity contribution in [2.75, 3.05) is 26.2 Å². The lowest BCUT2D eigenvalue weighted by Crippen LogP contribution is -2.49. The lowest BCUT2D eigenvalue weighted by atomic mass is 9.92. The van der Waals surface area contributed by atoms with Crippen LogP contribution in [0, 0.1) is 19.7 Å². The molecule has 6 heteroatoms. The lowest BCUT2D eigenvalue weighted by Gasteiger charge is -2.39. The molecule has 1 aliphatic rings. The third kappa shape index (κ3) is 4.56. The highest BCUT2D eigenvalue weighted by molar-refractivity contribution is 7.89. The maximum absolute atomic E-state index is 13.2. The van der Waals surface area contributed by atoms with Crippen LogP contribution in [-0.4, -0.2) is 43.8 Å². The maximum Gasteiger partial charge on any atom is 0.243 e. The van der Waals surface area contributed by atoms with E-state index >= 15 is 0 Å². The summed E-state index contributed by atoms with van der Waals surface area (Å²) in [7, 11) is -3.63. The van der Waals surface area contributed by atoms with E-state index < -0.39 is 15.8 Å². The number of rotatable bonds is 5. The van der Waals surface area contributed by atoms with Crippen molar-refractivity contribution in [3.63, 3.8) is 0 Å². The highest BCUT2D eigenvalue weighted by Crippen LogP contribution is 2.33. The molecule has 1 heterocycles. The van der Waals surface area contributed by atoms with Gasteiger partial charge in [0, 0.05) is 26.2 Å². The number of benzene rings is 3. The number of piperazine rings is 1. The Morgan fingerprint density at radius 3 is 2.13 bits per heavy atom. The van der Waals surface area contributed by atoms with Crippen molar-refractivity contribution >= 4 is 10.0 Å². The fraction of sp³-hybridized carbons (Fsp3) is 0.280. The Kier molecular flexibility index (Phi) is 6.23. The van der Waals surface area contributed by atoms with Gasteiger partial charge in [-0.05, 0) is 54.8 Å². The molecule has 0 amide bonds. The van der Waals surface area contributed by atoms with Gasteiger partial charge in [-0.15, -0.1) is 0 Å². The van der Waals surface area contributed by atoms with Crippen LogP contribution in [0.2, 0.25) is 0 Å². The van der Waals surface area contributed by atoms with Gasteiger partial charge in [0.1, 0.15) is 5.82 Å². The van der Waals surface area contributed by atoms with Gasteiger partial charge in [-0.1, -0.05) is 54.1 Å². The van der Waals surface area contributed by atoms with E-state index in [1.807, 2.05) is 18.2 Å². The molecule has 0 saturated carbocycles. The van der Waals surface area contributed by atoms with E-state index in [1.54, 1.807) is 0 Å². The Bertz CT molecular complexity index is 1140. The minimum Gasteiger partial charge on any atom is -0.290 e. The molecule has 3 aromatic rings. The number of hydrogen-bond acceptors (Lipinski definition) is 3. The Labute approximate surface area is 184 Å². The molecule has 0 radical (unpaired) electrons. The Hall–Kier alpha value is -2.54. The highest BCUT2D eigenvalue weighted by Gasteiger charge is 2.32. The Balaban J connectivity index is 1.60.